The predicted molar refractivity (Wildman–Crippen MR) is 135 cm³/mol. The summed E-state index contributed by atoms with van der Waals surface area (Å²) in [5.74, 6) is -3.73. The van der Waals surface area contributed by atoms with Crippen molar-refractivity contribution in [3.63, 3.8) is 0 Å². The number of halogens is 4. The van der Waals surface area contributed by atoms with Crippen LogP contribution in [0.3, 0.4) is 0 Å². The summed E-state index contributed by atoms with van der Waals surface area (Å²) in [7, 11) is 0. The number of aliphatic hydroxyl groups excluding tert-OH is 1. The quantitative estimate of drug-likeness (QED) is 0.263. The minimum absolute atomic E-state index is 0.0246. The second-order valence-electron chi connectivity index (χ2n) is 10.9. The highest BCUT2D eigenvalue weighted by molar-refractivity contribution is 5.33. The van der Waals surface area contributed by atoms with Crippen molar-refractivity contribution in [3.8, 4) is 5.75 Å². The smallest absolute Gasteiger partial charge is 0.200 e. The number of hydrogen-bond acceptors (Lipinski definition) is 3. The van der Waals surface area contributed by atoms with E-state index in [0.29, 0.717) is 12.0 Å². The molecule has 2 atom stereocenters. The van der Waals surface area contributed by atoms with E-state index < -0.39 is 29.2 Å². The maximum Gasteiger partial charge on any atom is 0.200 e. The van der Waals surface area contributed by atoms with Gasteiger partial charge in [-0.05, 0) is 106 Å². The van der Waals surface area contributed by atoms with Crippen molar-refractivity contribution in [1.29, 1.82) is 0 Å². The fourth-order valence-electron chi connectivity index (χ4n) is 6.23. The molecule has 0 spiro atoms. The van der Waals surface area contributed by atoms with Crippen molar-refractivity contribution >= 4 is 0 Å². The molecule has 2 fully saturated rings. The molecule has 3 aliphatic rings. The first-order valence-corrected chi connectivity index (χ1v) is 13.6. The maximum absolute atomic E-state index is 14.9. The van der Waals surface area contributed by atoms with Gasteiger partial charge in [-0.25, -0.2) is 13.2 Å². The van der Waals surface area contributed by atoms with Crippen molar-refractivity contribution in [2.75, 3.05) is 13.2 Å². The highest BCUT2D eigenvalue weighted by Gasteiger charge is 2.35. The molecule has 4 rings (SSSR count). The van der Waals surface area contributed by atoms with Gasteiger partial charge in [0.05, 0.1) is 12.7 Å². The molecule has 0 aliphatic heterocycles. The zero-order valence-electron chi connectivity index (χ0n) is 21.5. The van der Waals surface area contributed by atoms with Crippen LogP contribution in [0.15, 0.2) is 48.3 Å². The summed E-state index contributed by atoms with van der Waals surface area (Å²) in [5, 5.41) is 9.78. The molecular weight excluding hydrogens is 484 g/mol. The minimum Gasteiger partial charge on any atom is -0.490 e. The van der Waals surface area contributed by atoms with Gasteiger partial charge in [0.1, 0.15) is 12.4 Å². The lowest BCUT2D eigenvalue weighted by Crippen LogP contribution is -2.26. The van der Waals surface area contributed by atoms with Crippen LogP contribution in [0.5, 0.6) is 5.75 Å². The van der Waals surface area contributed by atoms with Crippen LogP contribution in [0, 0.1) is 35.3 Å². The summed E-state index contributed by atoms with van der Waals surface area (Å²) >= 11 is 0. The Morgan fingerprint density at radius 3 is 2.32 bits per heavy atom. The van der Waals surface area contributed by atoms with Gasteiger partial charge >= 0.3 is 0 Å². The first-order valence-electron chi connectivity index (χ1n) is 13.6. The van der Waals surface area contributed by atoms with Gasteiger partial charge in [0.15, 0.2) is 23.2 Å². The molecule has 0 bridgehead atoms. The highest BCUT2D eigenvalue weighted by Crippen LogP contribution is 2.44. The Balaban J connectivity index is 1.27. The van der Waals surface area contributed by atoms with E-state index in [0.717, 1.165) is 51.4 Å². The minimum atomic E-state index is -0.949. The SMILES string of the molecule is C=CCOC1=CCC(C2CCC(COc3ccc(C4CCC(C(C)O)CC4)c(F)c3F)CC2)C(F)=C1F. The fourth-order valence-corrected chi connectivity index (χ4v) is 6.23. The second kappa shape index (κ2) is 12.5. The lowest BCUT2D eigenvalue weighted by Gasteiger charge is -2.34. The van der Waals surface area contributed by atoms with E-state index in [1.807, 2.05) is 0 Å². The van der Waals surface area contributed by atoms with Crippen molar-refractivity contribution in [2.45, 2.75) is 76.7 Å². The van der Waals surface area contributed by atoms with Gasteiger partial charge in [0, 0.05) is 5.92 Å². The van der Waals surface area contributed by atoms with Gasteiger partial charge in [-0.3, -0.25) is 0 Å². The third-order valence-electron chi connectivity index (χ3n) is 8.57. The van der Waals surface area contributed by atoms with Crippen LogP contribution >= 0.6 is 0 Å². The van der Waals surface area contributed by atoms with Crippen molar-refractivity contribution in [3.05, 3.63) is 65.5 Å². The van der Waals surface area contributed by atoms with Crippen LogP contribution in [0.25, 0.3) is 0 Å². The van der Waals surface area contributed by atoms with Crippen LogP contribution in [-0.2, 0) is 4.74 Å². The van der Waals surface area contributed by atoms with Gasteiger partial charge in [-0.1, -0.05) is 18.7 Å². The van der Waals surface area contributed by atoms with E-state index in [1.165, 1.54) is 12.1 Å². The molecule has 2 saturated carbocycles. The zero-order chi connectivity index (χ0) is 26.5. The molecule has 204 valence electrons. The Labute approximate surface area is 217 Å². The summed E-state index contributed by atoms with van der Waals surface area (Å²) in [6.45, 7) is 5.69. The molecule has 7 heteroatoms. The van der Waals surface area contributed by atoms with Gasteiger partial charge in [-0.15, -0.1) is 0 Å². The molecule has 3 nitrogen and oxygen atoms in total. The van der Waals surface area contributed by atoms with Crippen molar-refractivity contribution in [2.24, 2.45) is 23.7 Å². The Hall–Kier alpha value is -2.28. The third kappa shape index (κ3) is 6.42. The molecule has 2 unspecified atom stereocenters. The van der Waals surface area contributed by atoms with E-state index >= 15 is 0 Å². The number of aliphatic hydroxyl groups is 1. The second-order valence-corrected chi connectivity index (χ2v) is 10.9. The zero-order valence-corrected chi connectivity index (χ0v) is 21.5. The molecule has 1 aromatic rings. The van der Waals surface area contributed by atoms with E-state index in [1.54, 1.807) is 19.1 Å². The number of benzene rings is 1. The van der Waals surface area contributed by atoms with E-state index in [-0.39, 0.29) is 54.5 Å². The molecule has 3 aliphatic carbocycles. The van der Waals surface area contributed by atoms with E-state index in [2.05, 4.69) is 6.58 Å². The molecule has 0 aromatic heterocycles. The Morgan fingerprint density at radius 2 is 1.68 bits per heavy atom. The van der Waals surface area contributed by atoms with Gasteiger partial charge in [0.2, 0.25) is 5.82 Å². The number of allylic oxidation sites excluding steroid dienone is 3. The van der Waals surface area contributed by atoms with Crippen molar-refractivity contribution in [1.82, 2.24) is 0 Å². The Bertz CT molecular complexity index is 1000. The van der Waals surface area contributed by atoms with E-state index in [9.17, 15) is 22.7 Å². The Kier molecular flexibility index (Phi) is 9.38. The predicted octanol–water partition coefficient (Wildman–Crippen LogP) is 8.06. The monoisotopic (exact) mass is 522 g/mol. The summed E-state index contributed by atoms with van der Waals surface area (Å²) in [6, 6.07) is 3.15. The summed E-state index contributed by atoms with van der Waals surface area (Å²) < 4.78 is 69.7. The number of hydrogen-bond donors (Lipinski definition) is 1. The molecule has 37 heavy (non-hydrogen) atoms. The first-order chi connectivity index (χ1) is 17.8. The van der Waals surface area contributed by atoms with Gasteiger partial charge < -0.3 is 14.6 Å². The van der Waals surface area contributed by atoms with Crippen LogP contribution < -0.4 is 4.74 Å². The lowest BCUT2D eigenvalue weighted by molar-refractivity contribution is 0.0963. The molecule has 0 heterocycles. The molecule has 1 aromatic carbocycles. The lowest BCUT2D eigenvalue weighted by atomic mass is 9.73. The molecule has 0 amide bonds. The standard InChI is InChI=1S/C30H38F4O3/c1-3-16-36-25-14-12-23(27(31)29(25)33)21-6-4-19(5-7-21)17-37-26-15-13-24(28(32)30(26)34)22-10-8-20(9-11-22)18(2)35/h3,13-15,18-23,35H,1,4-12,16-17H2,2H3. The number of rotatable bonds is 9. The average molecular weight is 523 g/mol. The first kappa shape index (κ1) is 27.7. The molecular formula is C30H38F4O3. The molecule has 1 N–H and O–H groups in total. The fraction of sp³-hybridized carbons (Fsp3) is 0.600. The van der Waals surface area contributed by atoms with Crippen LogP contribution in [0.4, 0.5) is 17.6 Å². The number of ether oxygens (including phenoxy) is 2. The van der Waals surface area contributed by atoms with Gasteiger partial charge in [-0.2, -0.15) is 4.39 Å². The van der Waals surface area contributed by atoms with Crippen LogP contribution in [0.1, 0.15) is 76.2 Å². The molecule has 0 saturated heterocycles. The Morgan fingerprint density at radius 1 is 0.973 bits per heavy atom. The normalized spacial score (nSPS) is 29.5. The van der Waals surface area contributed by atoms with Crippen LogP contribution in [0.2, 0.25) is 0 Å². The largest absolute Gasteiger partial charge is 0.490 e. The third-order valence-corrected chi connectivity index (χ3v) is 8.57. The topological polar surface area (TPSA) is 38.7 Å². The average Bonchev–Trinajstić information content (AvgIpc) is 2.91. The van der Waals surface area contributed by atoms with Gasteiger partial charge in [0.25, 0.3) is 0 Å². The summed E-state index contributed by atoms with van der Waals surface area (Å²) in [5.41, 5.74) is 0.385. The maximum atomic E-state index is 14.9. The molecule has 0 radical (unpaired) electrons. The summed E-state index contributed by atoms with van der Waals surface area (Å²) in [6.07, 6.45) is 9.15. The highest BCUT2D eigenvalue weighted by atomic mass is 19.2. The van der Waals surface area contributed by atoms with Crippen LogP contribution in [-0.4, -0.2) is 24.4 Å². The summed E-state index contributed by atoms with van der Waals surface area (Å²) in [4.78, 5) is 0. The van der Waals surface area contributed by atoms with Crippen molar-refractivity contribution < 1.29 is 32.1 Å². The van der Waals surface area contributed by atoms with E-state index in [4.69, 9.17) is 9.47 Å².